The quantitative estimate of drug-likeness (QED) is 0.844. The summed E-state index contributed by atoms with van der Waals surface area (Å²) in [6.07, 6.45) is 1.36. The molecule has 2 heterocycles. The van der Waals surface area contributed by atoms with Crippen molar-refractivity contribution in [2.24, 2.45) is 0 Å². The fourth-order valence-corrected chi connectivity index (χ4v) is 3.30. The molecule has 0 saturated carbocycles. The summed E-state index contributed by atoms with van der Waals surface area (Å²) in [4.78, 5) is 39.0. The molecule has 1 N–H and O–H groups in total. The second-order valence-corrected chi connectivity index (χ2v) is 6.66. The third-order valence-electron chi connectivity index (χ3n) is 4.76. The molecule has 0 bridgehead atoms. The number of carboxylic acid groups (broad SMARTS) is 1. The molecule has 0 atom stereocenters. The number of carboxylic acids is 1. The number of hydrogen-bond donors (Lipinski definition) is 1. The third kappa shape index (κ3) is 4.02. The van der Waals surface area contributed by atoms with Crippen molar-refractivity contribution in [1.82, 2.24) is 4.90 Å². The van der Waals surface area contributed by atoms with E-state index in [4.69, 9.17) is 9.52 Å². The van der Waals surface area contributed by atoms with Crippen LogP contribution in [0.2, 0.25) is 0 Å². The highest BCUT2D eigenvalue weighted by Gasteiger charge is 2.25. The number of aromatic carboxylic acids is 1. The van der Waals surface area contributed by atoms with Gasteiger partial charge in [-0.1, -0.05) is 18.2 Å². The molecule has 27 heavy (non-hydrogen) atoms. The van der Waals surface area contributed by atoms with Crippen molar-refractivity contribution < 1.29 is 23.9 Å². The predicted octanol–water partition coefficient (Wildman–Crippen LogP) is 2.61. The lowest BCUT2D eigenvalue weighted by Crippen LogP contribution is -2.38. The smallest absolute Gasteiger partial charge is 0.339 e. The Hall–Kier alpha value is -3.09. The number of furan rings is 1. The average Bonchev–Trinajstić information content (AvgIpc) is 3.01. The van der Waals surface area contributed by atoms with Crippen molar-refractivity contribution in [2.75, 3.05) is 18.5 Å². The Morgan fingerprint density at radius 1 is 1.26 bits per heavy atom. The van der Waals surface area contributed by atoms with Crippen LogP contribution in [0, 0.1) is 6.92 Å². The Labute approximate surface area is 157 Å². The molecule has 142 valence electrons. The normalized spacial score (nSPS) is 13.4. The molecule has 0 aliphatic carbocycles. The van der Waals surface area contributed by atoms with Gasteiger partial charge in [0.1, 0.15) is 17.1 Å². The van der Waals surface area contributed by atoms with Crippen LogP contribution in [0.1, 0.15) is 40.3 Å². The topological polar surface area (TPSA) is 91.1 Å². The van der Waals surface area contributed by atoms with Gasteiger partial charge in [-0.05, 0) is 31.0 Å². The number of aryl methyl sites for hydroxylation is 2. The molecule has 1 aliphatic rings. The number of anilines is 1. The van der Waals surface area contributed by atoms with Crippen LogP contribution in [0.5, 0.6) is 0 Å². The minimum atomic E-state index is -1.06. The second kappa shape index (κ2) is 7.65. The van der Waals surface area contributed by atoms with E-state index in [1.165, 1.54) is 11.0 Å². The molecular weight excluding hydrogens is 348 g/mol. The fourth-order valence-electron chi connectivity index (χ4n) is 3.30. The molecular formula is C20H22N2O5. The van der Waals surface area contributed by atoms with E-state index in [0.717, 1.165) is 17.7 Å². The van der Waals surface area contributed by atoms with E-state index in [1.54, 1.807) is 18.9 Å². The van der Waals surface area contributed by atoms with Crippen molar-refractivity contribution in [2.45, 2.75) is 32.7 Å². The molecule has 1 aromatic heterocycles. The van der Waals surface area contributed by atoms with Crippen LogP contribution in [0.3, 0.4) is 0 Å². The zero-order valence-corrected chi connectivity index (χ0v) is 15.4. The second-order valence-electron chi connectivity index (χ2n) is 6.66. The van der Waals surface area contributed by atoms with Gasteiger partial charge in [-0.3, -0.25) is 9.59 Å². The number of carbonyl (C=O) groups is 3. The number of fused-ring (bicyclic) bond motifs is 1. The first-order chi connectivity index (χ1) is 12.9. The Kier molecular flexibility index (Phi) is 5.30. The first-order valence-electron chi connectivity index (χ1n) is 8.81. The van der Waals surface area contributed by atoms with Crippen LogP contribution < -0.4 is 4.90 Å². The van der Waals surface area contributed by atoms with Crippen LogP contribution >= 0.6 is 0 Å². The van der Waals surface area contributed by atoms with Gasteiger partial charge in [0.05, 0.1) is 6.54 Å². The van der Waals surface area contributed by atoms with Crippen LogP contribution in [0.4, 0.5) is 5.69 Å². The maximum Gasteiger partial charge on any atom is 0.339 e. The highest BCUT2D eigenvalue weighted by Crippen LogP contribution is 2.27. The van der Waals surface area contributed by atoms with E-state index in [2.05, 4.69) is 0 Å². The highest BCUT2D eigenvalue weighted by molar-refractivity contribution is 5.97. The monoisotopic (exact) mass is 370 g/mol. The zero-order chi connectivity index (χ0) is 19.6. The Morgan fingerprint density at radius 2 is 2.00 bits per heavy atom. The molecule has 0 fully saturated rings. The van der Waals surface area contributed by atoms with Gasteiger partial charge < -0.3 is 19.3 Å². The highest BCUT2D eigenvalue weighted by atomic mass is 16.4. The minimum absolute atomic E-state index is 0.0249. The van der Waals surface area contributed by atoms with Crippen molar-refractivity contribution >= 4 is 23.5 Å². The van der Waals surface area contributed by atoms with Gasteiger partial charge in [0.25, 0.3) is 0 Å². The molecule has 1 aromatic carbocycles. The van der Waals surface area contributed by atoms with E-state index in [9.17, 15) is 14.4 Å². The summed E-state index contributed by atoms with van der Waals surface area (Å²) in [6.45, 7) is 2.07. The maximum absolute atomic E-state index is 12.5. The fraction of sp³-hybridized carbons (Fsp3) is 0.350. The number of rotatable bonds is 6. The molecule has 2 aromatic rings. The summed E-state index contributed by atoms with van der Waals surface area (Å²) < 4.78 is 5.42. The van der Waals surface area contributed by atoms with E-state index >= 15 is 0 Å². The lowest BCUT2D eigenvalue weighted by molar-refractivity contribution is -0.130. The van der Waals surface area contributed by atoms with E-state index in [1.807, 2.05) is 24.3 Å². The van der Waals surface area contributed by atoms with Gasteiger partial charge in [0.15, 0.2) is 0 Å². The number of hydrogen-bond acceptors (Lipinski definition) is 4. The van der Waals surface area contributed by atoms with Gasteiger partial charge in [0, 0.05) is 32.1 Å². The number of amides is 2. The maximum atomic E-state index is 12.5. The lowest BCUT2D eigenvalue weighted by Gasteiger charge is -2.29. The largest absolute Gasteiger partial charge is 0.478 e. The van der Waals surface area contributed by atoms with Crippen LogP contribution in [0.25, 0.3) is 0 Å². The summed E-state index contributed by atoms with van der Waals surface area (Å²) in [5, 5.41) is 9.08. The molecule has 1 aliphatic heterocycles. The summed E-state index contributed by atoms with van der Waals surface area (Å²) in [5.74, 6) is -0.443. The van der Waals surface area contributed by atoms with Crippen LogP contribution in [-0.4, -0.2) is 41.4 Å². The van der Waals surface area contributed by atoms with Gasteiger partial charge in [-0.25, -0.2) is 4.79 Å². The minimum Gasteiger partial charge on any atom is -0.478 e. The number of benzene rings is 1. The lowest BCUT2D eigenvalue weighted by atomic mass is 10.0. The molecule has 0 saturated heterocycles. The standard InChI is InChI=1S/C20H22N2O5/c1-13-16(20(25)26)11-15(27-13)12-21(2)18(23)9-10-22-17-6-4-3-5-14(17)7-8-19(22)24/h3-6,11H,7-10,12H2,1-2H3,(H,25,26). The average molecular weight is 370 g/mol. The van der Waals surface area contributed by atoms with Crippen molar-refractivity contribution in [1.29, 1.82) is 0 Å². The first kappa shape index (κ1) is 18.7. The molecule has 0 unspecified atom stereocenters. The molecule has 7 nitrogen and oxygen atoms in total. The van der Waals surface area contributed by atoms with Gasteiger partial charge in [0.2, 0.25) is 11.8 Å². The Bertz CT molecular complexity index is 886. The van der Waals surface area contributed by atoms with Gasteiger partial charge in [-0.15, -0.1) is 0 Å². The van der Waals surface area contributed by atoms with Gasteiger partial charge >= 0.3 is 5.97 Å². The van der Waals surface area contributed by atoms with Crippen molar-refractivity contribution in [3.05, 3.63) is 53.0 Å². The SMILES string of the molecule is Cc1oc(CN(C)C(=O)CCN2C(=O)CCc3ccccc32)cc1C(=O)O. The molecule has 3 rings (SSSR count). The zero-order valence-electron chi connectivity index (χ0n) is 15.4. The Balaban J connectivity index is 1.61. The summed E-state index contributed by atoms with van der Waals surface area (Å²) in [6, 6.07) is 9.17. The van der Waals surface area contributed by atoms with E-state index < -0.39 is 5.97 Å². The summed E-state index contributed by atoms with van der Waals surface area (Å²) in [5.41, 5.74) is 2.09. The van der Waals surface area contributed by atoms with Crippen LogP contribution in [0.15, 0.2) is 34.7 Å². The van der Waals surface area contributed by atoms with Crippen LogP contribution in [-0.2, 0) is 22.6 Å². The molecule has 2 amide bonds. The number of para-hydroxylation sites is 1. The van der Waals surface area contributed by atoms with Gasteiger partial charge in [-0.2, -0.15) is 0 Å². The number of nitrogens with zero attached hydrogens (tertiary/aromatic N) is 2. The predicted molar refractivity (Wildman–Crippen MR) is 98.6 cm³/mol. The third-order valence-corrected chi connectivity index (χ3v) is 4.76. The van der Waals surface area contributed by atoms with E-state index in [-0.39, 0.29) is 30.3 Å². The number of carbonyl (C=O) groups excluding carboxylic acids is 2. The molecule has 0 radical (unpaired) electrons. The molecule has 7 heteroatoms. The van der Waals surface area contributed by atoms with Crippen molar-refractivity contribution in [3.8, 4) is 0 Å². The Morgan fingerprint density at radius 3 is 2.70 bits per heavy atom. The summed E-state index contributed by atoms with van der Waals surface area (Å²) >= 11 is 0. The van der Waals surface area contributed by atoms with Crippen molar-refractivity contribution in [3.63, 3.8) is 0 Å². The first-order valence-corrected chi connectivity index (χ1v) is 8.81. The summed E-state index contributed by atoms with van der Waals surface area (Å²) in [7, 11) is 1.63. The molecule has 0 spiro atoms. The van der Waals surface area contributed by atoms with E-state index in [0.29, 0.717) is 24.5 Å².